The number of nitrogens with zero attached hydrogens (tertiary/aromatic N) is 1. The Morgan fingerprint density at radius 1 is 0.857 bits per heavy atom. The van der Waals surface area contributed by atoms with Crippen molar-refractivity contribution >= 4 is 10.9 Å². The van der Waals surface area contributed by atoms with Crippen LogP contribution in [0.15, 0.2) is 85.1 Å². The van der Waals surface area contributed by atoms with E-state index in [1.54, 1.807) is 18.3 Å². The van der Waals surface area contributed by atoms with E-state index in [2.05, 4.69) is 29.4 Å². The zero-order chi connectivity index (χ0) is 19.5. The van der Waals surface area contributed by atoms with Gasteiger partial charge in [-0.2, -0.15) is 0 Å². The summed E-state index contributed by atoms with van der Waals surface area (Å²) in [5.41, 5.74) is 3.27. The number of hydrogen-bond acceptors (Lipinski definition) is 3. The summed E-state index contributed by atoms with van der Waals surface area (Å²) in [4.78, 5) is 4.33. The van der Waals surface area contributed by atoms with Gasteiger partial charge in [0.2, 0.25) is 0 Å². The second-order valence-electron chi connectivity index (χ2n) is 6.86. The molecule has 1 heterocycles. The van der Waals surface area contributed by atoms with E-state index >= 15 is 0 Å². The third-order valence-corrected chi connectivity index (χ3v) is 5.01. The number of rotatable bonds is 5. The molecule has 4 rings (SSSR count). The molecule has 0 aliphatic rings. The molecule has 3 aromatic carbocycles. The van der Waals surface area contributed by atoms with Crippen LogP contribution in [0.25, 0.3) is 10.9 Å². The highest BCUT2D eigenvalue weighted by molar-refractivity contribution is 5.85. The molecule has 1 unspecified atom stereocenters. The normalized spacial score (nSPS) is 13.4. The number of nitrogens with one attached hydrogen (secondary N) is 1. The summed E-state index contributed by atoms with van der Waals surface area (Å²) in [5.74, 6) is -0.150. The summed E-state index contributed by atoms with van der Waals surface area (Å²) in [6, 6.07) is 23.8. The molecule has 2 atom stereocenters. The van der Waals surface area contributed by atoms with Crippen molar-refractivity contribution in [1.82, 2.24) is 10.3 Å². The van der Waals surface area contributed by atoms with Gasteiger partial charge < -0.3 is 5.11 Å². The van der Waals surface area contributed by atoms with Crippen LogP contribution in [-0.2, 0) is 0 Å². The van der Waals surface area contributed by atoms with Gasteiger partial charge in [-0.15, -0.1) is 0 Å². The molecule has 0 saturated carbocycles. The van der Waals surface area contributed by atoms with Crippen molar-refractivity contribution in [3.05, 3.63) is 108 Å². The van der Waals surface area contributed by atoms with E-state index < -0.39 is 0 Å². The van der Waals surface area contributed by atoms with Crippen molar-refractivity contribution in [1.29, 1.82) is 0 Å². The Morgan fingerprint density at radius 2 is 1.61 bits per heavy atom. The molecule has 2 N–H and O–H groups in total. The minimum atomic E-state index is -0.317. The molecule has 4 heteroatoms. The predicted octanol–water partition coefficient (Wildman–Crippen LogP) is 5.52. The molecule has 0 saturated heterocycles. The SMILES string of the molecule is C[C@@H](NC(c1ccc(F)cc1)c1ccc2cccnc2c1O)c1ccccc1. The Labute approximate surface area is 163 Å². The lowest BCUT2D eigenvalue weighted by Crippen LogP contribution is -2.25. The molecule has 0 spiro atoms. The van der Waals surface area contributed by atoms with Crippen molar-refractivity contribution in [3.63, 3.8) is 0 Å². The van der Waals surface area contributed by atoms with Crippen LogP contribution in [0.4, 0.5) is 4.39 Å². The molecular formula is C24H21FN2O. The number of benzene rings is 3. The molecular weight excluding hydrogens is 351 g/mol. The lowest BCUT2D eigenvalue weighted by molar-refractivity contribution is 0.451. The van der Waals surface area contributed by atoms with Crippen LogP contribution in [0.1, 0.15) is 35.7 Å². The molecule has 1 aromatic heterocycles. The highest BCUT2D eigenvalue weighted by Gasteiger charge is 2.22. The van der Waals surface area contributed by atoms with Gasteiger partial charge in [0.1, 0.15) is 17.1 Å². The van der Waals surface area contributed by atoms with Crippen LogP contribution in [0.2, 0.25) is 0 Å². The molecule has 28 heavy (non-hydrogen) atoms. The number of halogens is 1. The van der Waals surface area contributed by atoms with Gasteiger partial charge in [-0.05, 0) is 36.2 Å². The van der Waals surface area contributed by atoms with Crippen molar-refractivity contribution in [2.75, 3.05) is 0 Å². The van der Waals surface area contributed by atoms with Crippen LogP contribution in [-0.4, -0.2) is 10.1 Å². The largest absolute Gasteiger partial charge is 0.505 e. The van der Waals surface area contributed by atoms with Gasteiger partial charge in [0.25, 0.3) is 0 Å². The standard InChI is InChI=1S/C24H21FN2O/c1-16(17-6-3-2-4-7-17)27-22(19-9-12-20(25)13-10-19)21-14-11-18-8-5-15-26-23(18)24(21)28/h2-16,22,27-28H,1H3/t16-,22?/m1/s1. The summed E-state index contributed by atoms with van der Waals surface area (Å²) in [5, 5.41) is 15.4. The summed E-state index contributed by atoms with van der Waals surface area (Å²) in [6.07, 6.45) is 1.67. The topological polar surface area (TPSA) is 45.2 Å². The highest BCUT2D eigenvalue weighted by atomic mass is 19.1. The van der Waals surface area contributed by atoms with Gasteiger partial charge in [0.15, 0.2) is 0 Å². The van der Waals surface area contributed by atoms with Crippen LogP contribution in [0.5, 0.6) is 5.75 Å². The quantitative estimate of drug-likeness (QED) is 0.485. The van der Waals surface area contributed by atoms with Gasteiger partial charge in [-0.25, -0.2) is 4.39 Å². The van der Waals surface area contributed by atoms with E-state index in [1.165, 1.54) is 12.1 Å². The van der Waals surface area contributed by atoms with Gasteiger partial charge in [-0.3, -0.25) is 10.3 Å². The number of phenolic OH excluding ortho intramolecular Hbond substituents is 1. The third kappa shape index (κ3) is 3.59. The first-order valence-electron chi connectivity index (χ1n) is 9.26. The fourth-order valence-electron chi connectivity index (χ4n) is 3.49. The molecule has 0 amide bonds. The Balaban J connectivity index is 1.79. The molecule has 140 valence electrons. The van der Waals surface area contributed by atoms with Crippen LogP contribution in [0.3, 0.4) is 0 Å². The highest BCUT2D eigenvalue weighted by Crippen LogP contribution is 2.35. The maximum atomic E-state index is 13.5. The molecule has 4 aromatic rings. The summed E-state index contributed by atoms with van der Waals surface area (Å²) in [6.45, 7) is 2.07. The molecule has 3 nitrogen and oxygen atoms in total. The van der Waals surface area contributed by atoms with Gasteiger partial charge in [0, 0.05) is 23.2 Å². The average molecular weight is 372 g/mol. The first kappa shape index (κ1) is 18.1. The number of pyridine rings is 1. The maximum absolute atomic E-state index is 13.5. The zero-order valence-corrected chi connectivity index (χ0v) is 15.5. The van der Waals surface area contributed by atoms with Crippen molar-refractivity contribution < 1.29 is 9.50 Å². The fraction of sp³-hybridized carbons (Fsp3) is 0.125. The van der Waals surface area contributed by atoms with Crippen molar-refractivity contribution in [3.8, 4) is 5.75 Å². The van der Waals surface area contributed by atoms with Crippen LogP contribution < -0.4 is 5.32 Å². The van der Waals surface area contributed by atoms with Crippen molar-refractivity contribution in [2.45, 2.75) is 19.0 Å². The van der Waals surface area contributed by atoms with Crippen LogP contribution in [0, 0.1) is 5.82 Å². The van der Waals surface area contributed by atoms with Gasteiger partial charge in [-0.1, -0.05) is 60.7 Å². The molecule has 0 aliphatic heterocycles. The first-order valence-corrected chi connectivity index (χ1v) is 9.26. The van der Waals surface area contributed by atoms with E-state index in [1.807, 2.05) is 42.5 Å². The van der Waals surface area contributed by atoms with Gasteiger partial charge >= 0.3 is 0 Å². The lowest BCUT2D eigenvalue weighted by atomic mass is 9.94. The summed E-state index contributed by atoms with van der Waals surface area (Å²) < 4.78 is 13.5. The Morgan fingerprint density at radius 3 is 2.36 bits per heavy atom. The maximum Gasteiger partial charge on any atom is 0.146 e. The van der Waals surface area contributed by atoms with E-state index in [0.29, 0.717) is 11.1 Å². The van der Waals surface area contributed by atoms with Gasteiger partial charge in [0.05, 0.1) is 6.04 Å². The Kier molecular flexibility index (Phi) is 5.04. The van der Waals surface area contributed by atoms with Crippen LogP contribution >= 0.6 is 0 Å². The zero-order valence-electron chi connectivity index (χ0n) is 15.5. The Bertz CT molecular complexity index is 1080. The minimum Gasteiger partial charge on any atom is -0.505 e. The molecule has 0 fully saturated rings. The number of phenols is 1. The second kappa shape index (κ2) is 7.79. The van der Waals surface area contributed by atoms with E-state index in [4.69, 9.17) is 0 Å². The monoisotopic (exact) mass is 372 g/mol. The first-order chi connectivity index (χ1) is 13.6. The van der Waals surface area contributed by atoms with E-state index in [0.717, 1.165) is 16.5 Å². The molecule has 0 bridgehead atoms. The predicted molar refractivity (Wildman–Crippen MR) is 110 cm³/mol. The fourth-order valence-corrected chi connectivity index (χ4v) is 3.49. The second-order valence-corrected chi connectivity index (χ2v) is 6.86. The number of aromatic hydroxyl groups is 1. The number of hydrogen-bond donors (Lipinski definition) is 2. The third-order valence-electron chi connectivity index (χ3n) is 5.01. The van der Waals surface area contributed by atoms with E-state index in [-0.39, 0.29) is 23.7 Å². The van der Waals surface area contributed by atoms with E-state index in [9.17, 15) is 9.50 Å². The van der Waals surface area contributed by atoms with Crippen molar-refractivity contribution in [2.24, 2.45) is 0 Å². The number of fused-ring (bicyclic) bond motifs is 1. The molecule has 0 radical (unpaired) electrons. The summed E-state index contributed by atoms with van der Waals surface area (Å²) in [7, 11) is 0. The number of aromatic nitrogens is 1. The smallest absolute Gasteiger partial charge is 0.146 e. The minimum absolute atomic E-state index is 0.0232. The average Bonchev–Trinajstić information content (AvgIpc) is 2.74. The molecule has 0 aliphatic carbocycles. The lowest BCUT2D eigenvalue weighted by Gasteiger charge is -2.25. The summed E-state index contributed by atoms with van der Waals surface area (Å²) >= 11 is 0. The Hall–Kier alpha value is -3.24.